The molecule has 0 aromatic heterocycles. The molecule has 1 saturated carbocycles. The Morgan fingerprint density at radius 3 is 2.31 bits per heavy atom. The molecule has 1 amide bonds. The zero-order valence-electron chi connectivity index (χ0n) is 14.5. The van der Waals surface area contributed by atoms with Gasteiger partial charge in [0.15, 0.2) is 6.61 Å². The number of carbonyl (C=O) groups excluding carboxylic acids is 2. The maximum atomic E-state index is 12.4. The average Bonchev–Trinajstić information content (AvgIpc) is 3.44. The van der Waals surface area contributed by atoms with E-state index in [1.54, 1.807) is 36.4 Å². The molecular formula is C20H20ClNO4. The summed E-state index contributed by atoms with van der Waals surface area (Å²) in [5, 5.41) is 3.31. The topological polar surface area (TPSA) is 64.6 Å². The Hall–Kier alpha value is -2.53. The third-order valence-corrected chi connectivity index (χ3v) is 4.57. The van der Waals surface area contributed by atoms with Crippen LogP contribution in [-0.4, -0.2) is 25.1 Å². The molecule has 6 heteroatoms. The number of carbonyl (C=O) groups is 2. The number of hydrogen-bond acceptors (Lipinski definition) is 4. The third-order valence-electron chi connectivity index (χ3n) is 4.32. The zero-order valence-corrected chi connectivity index (χ0v) is 15.2. The number of halogens is 1. The van der Waals surface area contributed by atoms with Crippen molar-refractivity contribution >= 4 is 29.2 Å². The average molecular weight is 374 g/mol. The Labute approximate surface area is 157 Å². The van der Waals surface area contributed by atoms with Gasteiger partial charge < -0.3 is 14.8 Å². The standard InChI is InChI=1S/C20H20ClNO4/c1-2-25-17-9-7-16(8-10-17)22-18(23)13-26-19(24)20(11-12-20)14-3-5-15(21)6-4-14/h3-10H,2,11-13H2,1H3,(H,22,23). The van der Waals surface area contributed by atoms with E-state index in [1.165, 1.54) is 0 Å². The van der Waals surface area contributed by atoms with E-state index in [0.717, 1.165) is 11.3 Å². The molecule has 5 nitrogen and oxygen atoms in total. The first-order valence-corrected chi connectivity index (χ1v) is 8.87. The molecule has 136 valence electrons. The van der Waals surface area contributed by atoms with Crippen LogP contribution in [0.5, 0.6) is 5.75 Å². The van der Waals surface area contributed by atoms with E-state index in [1.807, 2.05) is 19.1 Å². The predicted octanol–water partition coefficient (Wildman–Crippen LogP) is 3.95. The summed E-state index contributed by atoms with van der Waals surface area (Å²) in [7, 11) is 0. The molecule has 3 rings (SSSR count). The monoisotopic (exact) mass is 373 g/mol. The van der Waals surface area contributed by atoms with Crippen LogP contribution >= 0.6 is 11.6 Å². The van der Waals surface area contributed by atoms with Crippen LogP contribution in [0.4, 0.5) is 5.69 Å². The van der Waals surface area contributed by atoms with Crippen LogP contribution in [-0.2, 0) is 19.7 Å². The van der Waals surface area contributed by atoms with Gasteiger partial charge in [0, 0.05) is 10.7 Å². The molecule has 1 fully saturated rings. The lowest BCUT2D eigenvalue weighted by Gasteiger charge is -2.15. The van der Waals surface area contributed by atoms with Gasteiger partial charge in [0.2, 0.25) is 0 Å². The fourth-order valence-electron chi connectivity index (χ4n) is 2.77. The first-order chi connectivity index (χ1) is 12.5. The summed E-state index contributed by atoms with van der Waals surface area (Å²) < 4.78 is 10.6. The Bertz CT molecular complexity index is 782. The SMILES string of the molecule is CCOc1ccc(NC(=O)COC(=O)C2(c3ccc(Cl)cc3)CC2)cc1. The van der Waals surface area contributed by atoms with Crippen molar-refractivity contribution in [1.82, 2.24) is 0 Å². The lowest BCUT2D eigenvalue weighted by atomic mass is 9.96. The molecular weight excluding hydrogens is 354 g/mol. The van der Waals surface area contributed by atoms with E-state index in [0.29, 0.717) is 30.2 Å². The smallest absolute Gasteiger partial charge is 0.317 e. The summed E-state index contributed by atoms with van der Waals surface area (Å²) in [5.74, 6) is -0.0216. The molecule has 1 N–H and O–H groups in total. The number of anilines is 1. The molecule has 2 aromatic carbocycles. The van der Waals surface area contributed by atoms with Crippen molar-refractivity contribution in [2.45, 2.75) is 25.2 Å². The van der Waals surface area contributed by atoms with Crippen molar-refractivity contribution < 1.29 is 19.1 Å². The van der Waals surface area contributed by atoms with Gasteiger partial charge in [0.05, 0.1) is 12.0 Å². The Balaban J connectivity index is 1.52. The van der Waals surface area contributed by atoms with E-state index < -0.39 is 5.41 Å². The second-order valence-corrected chi connectivity index (χ2v) is 6.61. The molecule has 0 saturated heterocycles. The number of rotatable bonds is 7. The minimum atomic E-state index is -0.635. The molecule has 0 atom stereocenters. The summed E-state index contributed by atoms with van der Waals surface area (Å²) in [4.78, 5) is 24.5. The van der Waals surface area contributed by atoms with Crippen molar-refractivity contribution in [1.29, 1.82) is 0 Å². The van der Waals surface area contributed by atoms with Crippen LogP contribution in [0.15, 0.2) is 48.5 Å². The highest BCUT2D eigenvalue weighted by Crippen LogP contribution is 2.49. The summed E-state index contributed by atoms with van der Waals surface area (Å²) in [5.41, 5.74) is 0.858. The third kappa shape index (κ3) is 4.17. The summed E-state index contributed by atoms with van der Waals surface area (Å²) >= 11 is 5.89. The Kier molecular flexibility index (Phi) is 5.47. The van der Waals surface area contributed by atoms with Gasteiger partial charge in [-0.3, -0.25) is 9.59 Å². The molecule has 1 aliphatic rings. The summed E-state index contributed by atoms with van der Waals surface area (Å²) in [6.45, 7) is 2.17. The van der Waals surface area contributed by atoms with Gasteiger partial charge in [-0.1, -0.05) is 23.7 Å². The van der Waals surface area contributed by atoms with Crippen molar-refractivity contribution in [3.63, 3.8) is 0 Å². The van der Waals surface area contributed by atoms with Crippen LogP contribution in [0.2, 0.25) is 5.02 Å². The number of hydrogen-bond donors (Lipinski definition) is 1. The van der Waals surface area contributed by atoms with E-state index in [4.69, 9.17) is 21.1 Å². The van der Waals surface area contributed by atoms with E-state index in [9.17, 15) is 9.59 Å². The zero-order chi connectivity index (χ0) is 18.6. The van der Waals surface area contributed by atoms with Crippen molar-refractivity contribution in [2.75, 3.05) is 18.5 Å². The number of esters is 1. The van der Waals surface area contributed by atoms with Crippen LogP contribution in [0.3, 0.4) is 0 Å². The van der Waals surface area contributed by atoms with E-state index in [2.05, 4.69) is 5.32 Å². The van der Waals surface area contributed by atoms with E-state index >= 15 is 0 Å². The number of ether oxygens (including phenoxy) is 2. The van der Waals surface area contributed by atoms with Crippen LogP contribution in [0.1, 0.15) is 25.3 Å². The predicted molar refractivity (Wildman–Crippen MR) is 99.6 cm³/mol. The van der Waals surface area contributed by atoms with E-state index in [-0.39, 0.29) is 18.5 Å². The number of benzene rings is 2. The van der Waals surface area contributed by atoms with Crippen molar-refractivity contribution in [2.24, 2.45) is 0 Å². The Morgan fingerprint density at radius 1 is 1.08 bits per heavy atom. The molecule has 2 aromatic rings. The maximum Gasteiger partial charge on any atom is 0.317 e. The summed E-state index contributed by atoms with van der Waals surface area (Å²) in [6, 6.07) is 14.2. The Morgan fingerprint density at radius 2 is 1.73 bits per heavy atom. The number of nitrogens with one attached hydrogen (secondary N) is 1. The highest BCUT2D eigenvalue weighted by atomic mass is 35.5. The van der Waals surface area contributed by atoms with Gasteiger partial charge in [-0.15, -0.1) is 0 Å². The van der Waals surface area contributed by atoms with Gasteiger partial charge in [-0.25, -0.2) is 0 Å². The summed E-state index contributed by atoms with van der Waals surface area (Å²) in [6.07, 6.45) is 1.43. The first-order valence-electron chi connectivity index (χ1n) is 8.49. The second kappa shape index (κ2) is 7.79. The fraction of sp³-hybridized carbons (Fsp3) is 0.300. The molecule has 26 heavy (non-hydrogen) atoms. The van der Waals surface area contributed by atoms with Gasteiger partial charge >= 0.3 is 5.97 Å². The molecule has 0 unspecified atom stereocenters. The lowest BCUT2D eigenvalue weighted by Crippen LogP contribution is -2.28. The van der Waals surface area contributed by atoms with Crippen LogP contribution in [0.25, 0.3) is 0 Å². The molecule has 0 heterocycles. The maximum absolute atomic E-state index is 12.4. The minimum absolute atomic E-state index is 0.318. The molecule has 0 bridgehead atoms. The molecule has 1 aliphatic carbocycles. The quantitative estimate of drug-likeness (QED) is 0.746. The molecule has 0 radical (unpaired) electrons. The minimum Gasteiger partial charge on any atom is -0.494 e. The van der Waals surface area contributed by atoms with Crippen LogP contribution in [0, 0.1) is 0 Å². The van der Waals surface area contributed by atoms with Crippen molar-refractivity contribution in [3.8, 4) is 5.75 Å². The van der Waals surface area contributed by atoms with Gasteiger partial charge in [-0.05, 0) is 61.7 Å². The van der Waals surface area contributed by atoms with Crippen LogP contribution < -0.4 is 10.1 Å². The first kappa shape index (κ1) is 18.3. The van der Waals surface area contributed by atoms with Crippen molar-refractivity contribution in [3.05, 3.63) is 59.1 Å². The number of amides is 1. The van der Waals surface area contributed by atoms with Gasteiger partial charge in [0.25, 0.3) is 5.91 Å². The molecule has 0 spiro atoms. The fourth-order valence-corrected chi connectivity index (χ4v) is 2.90. The van der Waals surface area contributed by atoms with Gasteiger partial charge in [0.1, 0.15) is 5.75 Å². The van der Waals surface area contributed by atoms with Gasteiger partial charge in [-0.2, -0.15) is 0 Å². The largest absolute Gasteiger partial charge is 0.494 e. The highest BCUT2D eigenvalue weighted by molar-refractivity contribution is 6.30. The second-order valence-electron chi connectivity index (χ2n) is 6.17. The molecule has 0 aliphatic heterocycles. The normalized spacial score (nSPS) is 14.4. The highest BCUT2D eigenvalue weighted by Gasteiger charge is 2.52. The lowest BCUT2D eigenvalue weighted by molar-refractivity contribution is -0.150.